The van der Waals surface area contributed by atoms with Gasteiger partial charge in [-0.15, -0.1) is 0 Å². The third-order valence-electron chi connectivity index (χ3n) is 3.41. The highest BCUT2D eigenvalue weighted by molar-refractivity contribution is 6.31. The Labute approximate surface area is 119 Å². The Bertz CT molecular complexity index is 448. The van der Waals surface area contributed by atoms with Crippen molar-refractivity contribution in [1.82, 2.24) is 10.3 Å². The Morgan fingerprint density at radius 3 is 2.58 bits per heavy atom. The van der Waals surface area contributed by atoms with Gasteiger partial charge in [0.15, 0.2) is 0 Å². The van der Waals surface area contributed by atoms with Crippen molar-refractivity contribution < 1.29 is 4.79 Å². The smallest absolute Gasteiger partial charge is 0.240 e. The molecule has 1 aromatic rings. The minimum absolute atomic E-state index is 0.124. The molecule has 3 N–H and O–H groups in total. The number of nitrogens with two attached hydrogens (primary N) is 1. The average Bonchev–Trinajstić information content (AvgIpc) is 2.36. The fourth-order valence-electron chi connectivity index (χ4n) is 2.08. The van der Waals surface area contributed by atoms with Gasteiger partial charge in [0.25, 0.3) is 0 Å². The number of halogens is 1. The standard InChI is InChI=1S/C14H22ClN3O/c1-10(11-7-5-6-8-12(11)15)18(4)9-14(2,3)13(19)17-16/h5-8,10H,9,16H2,1-4H3,(H,17,19). The summed E-state index contributed by atoms with van der Waals surface area (Å²) in [4.78, 5) is 13.8. The molecule has 1 atom stereocenters. The first-order valence-electron chi connectivity index (χ1n) is 6.25. The van der Waals surface area contributed by atoms with E-state index in [4.69, 9.17) is 17.4 Å². The van der Waals surface area contributed by atoms with Gasteiger partial charge in [-0.05, 0) is 39.4 Å². The van der Waals surface area contributed by atoms with Crippen molar-refractivity contribution in [2.45, 2.75) is 26.8 Å². The molecule has 1 aromatic carbocycles. The van der Waals surface area contributed by atoms with Crippen LogP contribution >= 0.6 is 11.6 Å². The van der Waals surface area contributed by atoms with Gasteiger partial charge in [-0.2, -0.15) is 0 Å². The van der Waals surface area contributed by atoms with Crippen LogP contribution in [0.2, 0.25) is 5.02 Å². The number of rotatable bonds is 5. The molecule has 19 heavy (non-hydrogen) atoms. The van der Waals surface area contributed by atoms with Crippen molar-refractivity contribution in [3.63, 3.8) is 0 Å². The van der Waals surface area contributed by atoms with Gasteiger partial charge in [0.05, 0.1) is 5.41 Å². The Hall–Kier alpha value is -1.10. The van der Waals surface area contributed by atoms with E-state index in [9.17, 15) is 4.79 Å². The van der Waals surface area contributed by atoms with Crippen molar-refractivity contribution in [3.05, 3.63) is 34.9 Å². The average molecular weight is 284 g/mol. The topological polar surface area (TPSA) is 58.4 Å². The molecule has 4 nitrogen and oxygen atoms in total. The summed E-state index contributed by atoms with van der Waals surface area (Å²) in [5.74, 6) is 5.03. The summed E-state index contributed by atoms with van der Waals surface area (Å²) in [7, 11) is 1.97. The Morgan fingerprint density at radius 1 is 1.47 bits per heavy atom. The zero-order valence-corrected chi connectivity index (χ0v) is 12.7. The lowest BCUT2D eigenvalue weighted by Gasteiger charge is -2.33. The first-order chi connectivity index (χ1) is 8.79. The van der Waals surface area contributed by atoms with Crippen molar-refractivity contribution in [1.29, 1.82) is 0 Å². The van der Waals surface area contributed by atoms with Crippen LogP contribution in [0.5, 0.6) is 0 Å². The summed E-state index contributed by atoms with van der Waals surface area (Å²) in [5.41, 5.74) is 2.70. The predicted octanol–water partition coefficient (Wildman–Crippen LogP) is 2.35. The van der Waals surface area contributed by atoms with Crippen LogP contribution in [0.15, 0.2) is 24.3 Å². The third-order valence-corrected chi connectivity index (χ3v) is 3.75. The van der Waals surface area contributed by atoms with E-state index in [1.807, 2.05) is 45.2 Å². The minimum Gasteiger partial charge on any atom is -0.299 e. The molecule has 106 valence electrons. The molecule has 0 fully saturated rings. The van der Waals surface area contributed by atoms with Gasteiger partial charge in [0.2, 0.25) is 5.91 Å². The first kappa shape index (κ1) is 16.0. The number of nitrogens with zero attached hydrogens (tertiary/aromatic N) is 1. The highest BCUT2D eigenvalue weighted by Crippen LogP contribution is 2.28. The lowest BCUT2D eigenvalue weighted by atomic mass is 9.91. The summed E-state index contributed by atoms with van der Waals surface area (Å²) in [6.45, 7) is 6.39. The van der Waals surface area contributed by atoms with Crippen molar-refractivity contribution in [2.24, 2.45) is 11.3 Å². The number of carbonyl (C=O) groups excluding carboxylic acids is 1. The van der Waals surface area contributed by atoms with Crippen LogP contribution in [0.4, 0.5) is 0 Å². The van der Waals surface area contributed by atoms with Crippen molar-refractivity contribution in [2.75, 3.05) is 13.6 Å². The summed E-state index contributed by atoms with van der Waals surface area (Å²) < 4.78 is 0. The highest BCUT2D eigenvalue weighted by atomic mass is 35.5. The highest BCUT2D eigenvalue weighted by Gasteiger charge is 2.30. The molecule has 1 rings (SSSR count). The Morgan fingerprint density at radius 2 is 2.05 bits per heavy atom. The lowest BCUT2D eigenvalue weighted by molar-refractivity contribution is -0.130. The fourth-order valence-corrected chi connectivity index (χ4v) is 2.37. The fraction of sp³-hybridized carbons (Fsp3) is 0.500. The van der Waals surface area contributed by atoms with E-state index in [1.165, 1.54) is 0 Å². The number of nitrogens with one attached hydrogen (secondary N) is 1. The zero-order valence-electron chi connectivity index (χ0n) is 11.9. The van der Waals surface area contributed by atoms with Crippen LogP contribution in [-0.4, -0.2) is 24.4 Å². The summed E-state index contributed by atoms with van der Waals surface area (Å²) >= 11 is 6.20. The van der Waals surface area contributed by atoms with Gasteiger partial charge >= 0.3 is 0 Å². The van der Waals surface area contributed by atoms with E-state index in [-0.39, 0.29) is 11.9 Å². The van der Waals surface area contributed by atoms with Crippen LogP contribution < -0.4 is 11.3 Å². The van der Waals surface area contributed by atoms with E-state index in [2.05, 4.69) is 17.2 Å². The molecule has 1 unspecified atom stereocenters. The van der Waals surface area contributed by atoms with Crippen LogP contribution in [0.25, 0.3) is 0 Å². The Balaban J connectivity index is 2.81. The van der Waals surface area contributed by atoms with Gasteiger partial charge in [0.1, 0.15) is 0 Å². The van der Waals surface area contributed by atoms with Crippen LogP contribution in [0.1, 0.15) is 32.4 Å². The SMILES string of the molecule is CC(c1ccccc1Cl)N(C)CC(C)(C)C(=O)NN. The monoisotopic (exact) mass is 283 g/mol. The molecule has 0 heterocycles. The second-order valence-electron chi connectivity index (χ2n) is 5.47. The molecular weight excluding hydrogens is 262 g/mol. The van der Waals surface area contributed by atoms with E-state index in [0.717, 1.165) is 10.6 Å². The van der Waals surface area contributed by atoms with Gasteiger partial charge in [0, 0.05) is 17.6 Å². The molecule has 0 aliphatic rings. The molecule has 0 saturated heterocycles. The minimum atomic E-state index is -0.557. The van der Waals surface area contributed by atoms with E-state index in [1.54, 1.807) is 0 Å². The number of benzene rings is 1. The molecule has 0 bridgehead atoms. The van der Waals surface area contributed by atoms with Crippen LogP contribution in [0, 0.1) is 5.41 Å². The summed E-state index contributed by atoms with van der Waals surface area (Å²) in [6.07, 6.45) is 0. The lowest BCUT2D eigenvalue weighted by Crippen LogP contribution is -2.46. The molecule has 1 amide bonds. The van der Waals surface area contributed by atoms with Gasteiger partial charge < -0.3 is 0 Å². The van der Waals surface area contributed by atoms with Gasteiger partial charge in [-0.1, -0.05) is 29.8 Å². The quantitative estimate of drug-likeness (QED) is 0.495. The maximum atomic E-state index is 11.7. The molecule has 0 aliphatic heterocycles. The van der Waals surface area contributed by atoms with Crippen LogP contribution in [-0.2, 0) is 4.79 Å². The van der Waals surface area contributed by atoms with Gasteiger partial charge in [-0.25, -0.2) is 5.84 Å². The Kier molecular flexibility index (Phi) is 5.35. The van der Waals surface area contributed by atoms with Crippen molar-refractivity contribution in [3.8, 4) is 0 Å². The maximum Gasteiger partial charge on any atom is 0.240 e. The normalized spacial score (nSPS) is 13.4. The maximum absolute atomic E-state index is 11.7. The van der Waals surface area contributed by atoms with E-state index < -0.39 is 5.41 Å². The molecule has 0 radical (unpaired) electrons. The largest absolute Gasteiger partial charge is 0.299 e. The molecule has 0 aliphatic carbocycles. The molecule has 0 spiro atoms. The third kappa shape index (κ3) is 3.93. The molecule has 0 aromatic heterocycles. The first-order valence-corrected chi connectivity index (χ1v) is 6.63. The molecule has 5 heteroatoms. The van der Waals surface area contributed by atoms with E-state index in [0.29, 0.717) is 6.54 Å². The second kappa shape index (κ2) is 6.37. The van der Waals surface area contributed by atoms with Gasteiger partial charge in [-0.3, -0.25) is 15.1 Å². The summed E-state index contributed by atoms with van der Waals surface area (Å²) in [6, 6.07) is 7.87. The number of amides is 1. The second-order valence-corrected chi connectivity index (χ2v) is 5.88. The number of hydrogen-bond donors (Lipinski definition) is 2. The van der Waals surface area contributed by atoms with Crippen LogP contribution in [0.3, 0.4) is 0 Å². The zero-order chi connectivity index (χ0) is 14.6. The number of hydrogen-bond acceptors (Lipinski definition) is 3. The molecular formula is C14H22ClN3O. The number of hydrazine groups is 1. The van der Waals surface area contributed by atoms with E-state index >= 15 is 0 Å². The summed E-state index contributed by atoms with van der Waals surface area (Å²) in [5, 5.41) is 0.739. The number of carbonyl (C=O) groups is 1. The van der Waals surface area contributed by atoms with Crippen molar-refractivity contribution >= 4 is 17.5 Å². The predicted molar refractivity (Wildman–Crippen MR) is 78.6 cm³/mol. The molecule has 0 saturated carbocycles.